The Morgan fingerprint density at radius 3 is 2.61 bits per heavy atom. The zero-order chi connectivity index (χ0) is 13.7. The molecule has 4 nitrogen and oxygen atoms in total. The predicted octanol–water partition coefficient (Wildman–Crippen LogP) is 2.88. The van der Waals surface area contributed by atoms with E-state index in [1.807, 2.05) is 0 Å². The van der Waals surface area contributed by atoms with Gasteiger partial charge in [-0.15, -0.1) is 0 Å². The molecule has 0 saturated heterocycles. The Morgan fingerprint density at radius 1 is 1.44 bits per heavy atom. The molecule has 94 valence electrons. The number of esters is 1. The van der Waals surface area contributed by atoms with Gasteiger partial charge < -0.3 is 4.74 Å². The predicted molar refractivity (Wildman–Crippen MR) is 66.5 cm³/mol. The van der Waals surface area contributed by atoms with Crippen LogP contribution in [0.4, 0.5) is 0 Å². The second-order valence-electron chi connectivity index (χ2n) is 3.30. The molecule has 0 aliphatic carbocycles. The van der Waals surface area contributed by atoms with E-state index < -0.39 is 17.7 Å². The van der Waals surface area contributed by atoms with E-state index >= 15 is 0 Å². The van der Waals surface area contributed by atoms with Gasteiger partial charge in [0, 0.05) is 10.6 Å². The Morgan fingerprint density at radius 2 is 2.11 bits per heavy atom. The number of hydrogen-bond acceptors (Lipinski definition) is 4. The minimum absolute atomic E-state index is 0.0701. The van der Waals surface area contributed by atoms with E-state index in [9.17, 15) is 9.59 Å². The second kappa shape index (κ2) is 6.39. The maximum atomic E-state index is 12.0. The van der Waals surface area contributed by atoms with Gasteiger partial charge in [0.05, 0.1) is 17.7 Å². The number of Topliss-reactive ketones (excluding diaryl/α,β-unsaturated/α-hetero) is 1. The van der Waals surface area contributed by atoms with Gasteiger partial charge in [-0.05, 0) is 25.1 Å². The average Bonchev–Trinajstić information content (AvgIpc) is 2.29. The Labute approximate surface area is 114 Å². The fourth-order valence-corrected chi connectivity index (χ4v) is 1.79. The fraction of sp³-hybridized carbons (Fsp3) is 0.250. The summed E-state index contributed by atoms with van der Waals surface area (Å²) >= 11 is 11.5. The number of carbonyl (C=O) groups is 2. The summed E-state index contributed by atoms with van der Waals surface area (Å²) in [5.41, 5.74) is 0.0701. The van der Waals surface area contributed by atoms with E-state index in [1.54, 1.807) is 13.0 Å². The van der Waals surface area contributed by atoms with Crippen molar-refractivity contribution in [2.75, 3.05) is 6.61 Å². The zero-order valence-corrected chi connectivity index (χ0v) is 11.0. The maximum Gasteiger partial charge on any atom is 0.331 e. The largest absolute Gasteiger partial charge is 0.465 e. The van der Waals surface area contributed by atoms with Crippen molar-refractivity contribution in [2.45, 2.75) is 6.92 Å². The highest BCUT2D eigenvalue weighted by Gasteiger charge is 2.30. The molecule has 0 heterocycles. The van der Waals surface area contributed by atoms with E-state index in [2.05, 4.69) is 4.74 Å². The zero-order valence-electron chi connectivity index (χ0n) is 9.44. The van der Waals surface area contributed by atoms with Crippen molar-refractivity contribution in [1.82, 2.24) is 0 Å². The van der Waals surface area contributed by atoms with Crippen molar-refractivity contribution in [3.05, 3.63) is 33.8 Å². The summed E-state index contributed by atoms with van der Waals surface area (Å²) in [7, 11) is 0. The van der Waals surface area contributed by atoms with Crippen molar-refractivity contribution in [1.29, 1.82) is 5.26 Å². The van der Waals surface area contributed by atoms with Crippen molar-refractivity contribution >= 4 is 35.0 Å². The van der Waals surface area contributed by atoms with Crippen molar-refractivity contribution in [3.8, 4) is 6.07 Å². The van der Waals surface area contributed by atoms with Crippen molar-refractivity contribution in [3.63, 3.8) is 0 Å². The SMILES string of the molecule is CCOC(=O)[C@@H](C#N)C(=O)c1ccc(Cl)cc1Cl. The third-order valence-electron chi connectivity index (χ3n) is 2.11. The summed E-state index contributed by atoms with van der Waals surface area (Å²) in [5.74, 6) is -3.09. The Kier molecular flexibility index (Phi) is 5.14. The number of ketones is 1. The molecule has 1 aromatic carbocycles. The first-order chi connectivity index (χ1) is 8.51. The summed E-state index contributed by atoms with van der Waals surface area (Å²) in [6, 6.07) is 5.81. The van der Waals surface area contributed by atoms with Crippen LogP contribution in [-0.4, -0.2) is 18.4 Å². The third kappa shape index (κ3) is 3.22. The van der Waals surface area contributed by atoms with Crippen molar-refractivity contribution in [2.24, 2.45) is 5.92 Å². The maximum absolute atomic E-state index is 12.0. The van der Waals surface area contributed by atoms with Gasteiger partial charge in [0.25, 0.3) is 0 Å². The number of ether oxygens (including phenoxy) is 1. The van der Waals surface area contributed by atoms with E-state index in [0.29, 0.717) is 5.02 Å². The lowest BCUT2D eigenvalue weighted by Gasteiger charge is -2.08. The van der Waals surface area contributed by atoms with Crippen LogP contribution in [0.2, 0.25) is 10.0 Å². The molecule has 18 heavy (non-hydrogen) atoms. The number of rotatable bonds is 4. The number of halogens is 2. The highest BCUT2D eigenvalue weighted by Crippen LogP contribution is 2.23. The molecule has 1 aromatic rings. The summed E-state index contributed by atoms with van der Waals surface area (Å²) in [5, 5.41) is 9.32. The van der Waals surface area contributed by atoms with Crippen LogP contribution in [0.25, 0.3) is 0 Å². The molecule has 6 heteroatoms. The lowest BCUT2D eigenvalue weighted by Crippen LogP contribution is -2.25. The summed E-state index contributed by atoms with van der Waals surface area (Å²) in [4.78, 5) is 23.4. The molecule has 0 N–H and O–H groups in total. The standard InChI is InChI=1S/C12H9Cl2NO3/c1-2-18-12(17)9(6-15)11(16)8-4-3-7(13)5-10(8)14/h3-5,9H,2H2,1H3/t9-/m0/s1. The molecular weight excluding hydrogens is 277 g/mol. The van der Waals surface area contributed by atoms with Gasteiger partial charge in [0.1, 0.15) is 0 Å². The molecular formula is C12H9Cl2NO3. The van der Waals surface area contributed by atoms with Crippen LogP contribution in [0.3, 0.4) is 0 Å². The Balaban J connectivity index is 3.05. The van der Waals surface area contributed by atoms with Crippen LogP contribution in [0.15, 0.2) is 18.2 Å². The van der Waals surface area contributed by atoms with Crippen LogP contribution >= 0.6 is 23.2 Å². The number of carbonyl (C=O) groups excluding carboxylic acids is 2. The highest BCUT2D eigenvalue weighted by atomic mass is 35.5. The molecule has 0 radical (unpaired) electrons. The van der Waals surface area contributed by atoms with Gasteiger partial charge >= 0.3 is 5.97 Å². The normalized spacial score (nSPS) is 11.4. The van der Waals surface area contributed by atoms with E-state index in [0.717, 1.165) is 0 Å². The molecule has 0 aliphatic rings. The average molecular weight is 286 g/mol. The number of benzene rings is 1. The second-order valence-corrected chi connectivity index (χ2v) is 4.15. The molecule has 1 atom stereocenters. The van der Waals surface area contributed by atoms with Gasteiger partial charge in [-0.1, -0.05) is 23.2 Å². The molecule has 0 aromatic heterocycles. The van der Waals surface area contributed by atoms with Crippen LogP contribution in [0, 0.1) is 17.2 Å². The lowest BCUT2D eigenvalue weighted by molar-refractivity contribution is -0.144. The summed E-state index contributed by atoms with van der Waals surface area (Å²) < 4.78 is 4.65. The lowest BCUT2D eigenvalue weighted by atomic mass is 9.99. The third-order valence-corrected chi connectivity index (χ3v) is 2.66. The molecule has 0 aliphatic heterocycles. The van der Waals surface area contributed by atoms with Crippen LogP contribution in [-0.2, 0) is 9.53 Å². The fourth-order valence-electron chi connectivity index (χ4n) is 1.29. The molecule has 1 rings (SSSR count). The highest BCUT2D eigenvalue weighted by molar-refractivity contribution is 6.37. The van der Waals surface area contributed by atoms with Gasteiger partial charge in [-0.2, -0.15) is 5.26 Å². The summed E-state index contributed by atoms with van der Waals surface area (Å²) in [6.07, 6.45) is 0. The Hall–Kier alpha value is -1.57. The van der Waals surface area contributed by atoms with Gasteiger partial charge in [0.15, 0.2) is 5.78 Å². The molecule has 0 saturated carbocycles. The van der Waals surface area contributed by atoms with Gasteiger partial charge in [0.2, 0.25) is 5.92 Å². The minimum atomic E-state index is -1.51. The number of nitriles is 1. The number of hydrogen-bond donors (Lipinski definition) is 0. The van der Waals surface area contributed by atoms with Gasteiger partial charge in [-0.3, -0.25) is 9.59 Å². The monoisotopic (exact) mass is 285 g/mol. The number of nitrogens with zero attached hydrogens (tertiary/aromatic N) is 1. The molecule has 0 fully saturated rings. The first-order valence-corrected chi connectivity index (χ1v) is 5.82. The topological polar surface area (TPSA) is 67.2 Å². The molecule has 0 amide bonds. The first kappa shape index (κ1) is 14.5. The minimum Gasteiger partial charge on any atom is -0.465 e. The van der Waals surface area contributed by atoms with Gasteiger partial charge in [-0.25, -0.2) is 0 Å². The van der Waals surface area contributed by atoms with E-state index in [-0.39, 0.29) is 17.2 Å². The molecule has 0 spiro atoms. The Bertz CT molecular complexity index is 523. The van der Waals surface area contributed by atoms with Crippen LogP contribution in [0.1, 0.15) is 17.3 Å². The first-order valence-electron chi connectivity index (χ1n) is 5.06. The smallest absolute Gasteiger partial charge is 0.331 e. The quantitative estimate of drug-likeness (QED) is 0.485. The van der Waals surface area contributed by atoms with E-state index in [4.69, 9.17) is 28.5 Å². The van der Waals surface area contributed by atoms with Crippen LogP contribution < -0.4 is 0 Å². The molecule has 0 unspecified atom stereocenters. The summed E-state index contributed by atoms with van der Waals surface area (Å²) in [6.45, 7) is 1.69. The van der Waals surface area contributed by atoms with Crippen LogP contribution in [0.5, 0.6) is 0 Å². The van der Waals surface area contributed by atoms with E-state index in [1.165, 1.54) is 18.2 Å². The van der Waals surface area contributed by atoms with Crippen molar-refractivity contribution < 1.29 is 14.3 Å². The molecule has 0 bridgehead atoms.